The molecule has 1 amide bonds. The number of ether oxygens (including phenoxy) is 1. The number of halogens is 1. The van der Waals surface area contributed by atoms with Crippen molar-refractivity contribution in [1.82, 2.24) is 14.9 Å². The first-order chi connectivity index (χ1) is 15.6. The Morgan fingerprint density at radius 1 is 1.09 bits per heavy atom. The van der Waals surface area contributed by atoms with Crippen LogP contribution in [0, 0.1) is 0 Å². The number of carbonyl (C=O) groups excluding carboxylic acids is 1. The summed E-state index contributed by atoms with van der Waals surface area (Å²) in [7, 11) is 0. The minimum absolute atomic E-state index is 0. The number of nitrogens with zero attached hydrogens (tertiary/aromatic N) is 3. The first-order valence-electron chi connectivity index (χ1n) is 11.6. The van der Waals surface area contributed by atoms with Crippen LogP contribution in [0.4, 0.5) is 5.95 Å². The third-order valence-electron chi connectivity index (χ3n) is 7.31. The topological polar surface area (TPSA) is 105 Å². The maximum atomic E-state index is 13.0. The molecule has 3 heterocycles. The monoisotopic (exact) mass is 473 g/mol. The van der Waals surface area contributed by atoms with Crippen LogP contribution in [0.3, 0.4) is 0 Å². The number of morpholine rings is 1. The molecule has 0 unspecified atom stereocenters. The number of amides is 1. The van der Waals surface area contributed by atoms with E-state index in [4.69, 9.17) is 15.5 Å². The standard InChI is InChI=1S/C24H31N5O3.ClH/c25-10-6-17-1-3-18(4-2-17)22(31)28-11-8-24(9-12-28)7-5-19-20(24)26-23(27-21(19)30)29-13-15-32-16-14-29;/h1-4H,5-16,25H2,(H,26,27,30);1H. The van der Waals surface area contributed by atoms with Crippen molar-refractivity contribution in [3.8, 4) is 0 Å². The van der Waals surface area contributed by atoms with Crippen LogP contribution in [0.25, 0.3) is 0 Å². The van der Waals surface area contributed by atoms with E-state index in [2.05, 4.69) is 9.88 Å². The van der Waals surface area contributed by atoms with Crippen molar-refractivity contribution in [2.45, 2.75) is 37.5 Å². The lowest BCUT2D eigenvalue weighted by Gasteiger charge is -2.39. The van der Waals surface area contributed by atoms with Crippen LogP contribution in [0.2, 0.25) is 0 Å². The Kier molecular flexibility index (Phi) is 7.07. The van der Waals surface area contributed by atoms with Crippen LogP contribution in [-0.4, -0.2) is 66.7 Å². The zero-order valence-corrected chi connectivity index (χ0v) is 19.7. The van der Waals surface area contributed by atoms with E-state index in [9.17, 15) is 9.59 Å². The van der Waals surface area contributed by atoms with Crippen LogP contribution in [-0.2, 0) is 23.0 Å². The average molecular weight is 474 g/mol. The Morgan fingerprint density at radius 2 is 1.79 bits per heavy atom. The van der Waals surface area contributed by atoms with E-state index in [1.54, 1.807) is 0 Å². The molecule has 0 bridgehead atoms. The van der Waals surface area contributed by atoms with E-state index >= 15 is 0 Å². The van der Waals surface area contributed by atoms with Gasteiger partial charge in [-0.25, -0.2) is 4.98 Å². The van der Waals surface area contributed by atoms with Gasteiger partial charge in [0.2, 0.25) is 5.95 Å². The molecular formula is C24H32ClN5O3. The van der Waals surface area contributed by atoms with Crippen molar-refractivity contribution in [3.05, 3.63) is 57.0 Å². The molecule has 3 aliphatic rings. The summed E-state index contributed by atoms with van der Waals surface area (Å²) >= 11 is 0. The highest BCUT2D eigenvalue weighted by Gasteiger charge is 2.45. The zero-order valence-electron chi connectivity index (χ0n) is 18.8. The fourth-order valence-corrected chi connectivity index (χ4v) is 5.35. The summed E-state index contributed by atoms with van der Waals surface area (Å²) in [6.07, 6.45) is 4.20. The molecule has 3 N–H and O–H groups in total. The van der Waals surface area contributed by atoms with Gasteiger partial charge in [0.15, 0.2) is 0 Å². The first-order valence-corrected chi connectivity index (χ1v) is 11.6. The molecule has 1 aromatic heterocycles. The maximum Gasteiger partial charge on any atom is 0.255 e. The van der Waals surface area contributed by atoms with Crippen molar-refractivity contribution in [1.29, 1.82) is 0 Å². The highest BCUT2D eigenvalue weighted by atomic mass is 35.5. The predicted octanol–water partition coefficient (Wildman–Crippen LogP) is 1.65. The van der Waals surface area contributed by atoms with Crippen molar-refractivity contribution in [3.63, 3.8) is 0 Å². The highest BCUT2D eigenvalue weighted by Crippen LogP contribution is 2.44. The fraction of sp³-hybridized carbons (Fsp3) is 0.542. The van der Waals surface area contributed by atoms with Gasteiger partial charge in [0.05, 0.1) is 18.9 Å². The summed E-state index contributed by atoms with van der Waals surface area (Å²) in [5, 5.41) is 0. The molecule has 2 aliphatic heterocycles. The van der Waals surface area contributed by atoms with E-state index < -0.39 is 0 Å². The molecule has 8 nitrogen and oxygen atoms in total. The minimum atomic E-state index is -0.105. The number of piperidine rings is 1. The summed E-state index contributed by atoms with van der Waals surface area (Å²) in [5.74, 6) is 0.736. The van der Waals surface area contributed by atoms with Gasteiger partial charge in [0, 0.05) is 42.7 Å². The molecule has 2 fully saturated rings. The lowest BCUT2D eigenvalue weighted by molar-refractivity contribution is 0.0663. The SMILES string of the molecule is Cl.NCCc1ccc(C(=O)N2CCC3(CCc4c3nc(N3CCOCC3)[nH]c4=O)CC2)cc1. The van der Waals surface area contributed by atoms with Gasteiger partial charge in [-0.1, -0.05) is 12.1 Å². The maximum absolute atomic E-state index is 13.0. The van der Waals surface area contributed by atoms with Gasteiger partial charge in [-0.15, -0.1) is 12.4 Å². The molecule has 5 rings (SSSR count). The summed E-state index contributed by atoms with van der Waals surface area (Å²) in [5.41, 5.74) is 9.16. The molecule has 2 aromatic rings. The van der Waals surface area contributed by atoms with Crippen LogP contribution in [0.1, 0.15) is 46.4 Å². The number of fused-ring (bicyclic) bond motifs is 2. The average Bonchev–Trinajstić information content (AvgIpc) is 3.19. The van der Waals surface area contributed by atoms with Gasteiger partial charge >= 0.3 is 0 Å². The van der Waals surface area contributed by atoms with Gasteiger partial charge in [-0.05, 0) is 56.3 Å². The molecule has 0 saturated carbocycles. The van der Waals surface area contributed by atoms with Gasteiger partial charge in [-0.2, -0.15) is 0 Å². The Balaban J connectivity index is 0.00000259. The lowest BCUT2D eigenvalue weighted by atomic mass is 9.76. The molecule has 1 aliphatic carbocycles. The number of rotatable bonds is 4. The molecule has 0 atom stereocenters. The largest absolute Gasteiger partial charge is 0.378 e. The Bertz CT molecular complexity index is 1040. The summed E-state index contributed by atoms with van der Waals surface area (Å²) in [6.45, 7) is 4.75. The summed E-state index contributed by atoms with van der Waals surface area (Å²) in [6, 6.07) is 7.78. The Labute approximate surface area is 199 Å². The number of carbonyl (C=O) groups is 1. The summed E-state index contributed by atoms with van der Waals surface area (Å²) in [4.78, 5) is 37.9. The molecule has 9 heteroatoms. The van der Waals surface area contributed by atoms with Crippen LogP contribution in [0.5, 0.6) is 0 Å². The number of hydrogen-bond acceptors (Lipinski definition) is 6. The van der Waals surface area contributed by atoms with Crippen molar-refractivity contribution < 1.29 is 9.53 Å². The predicted molar refractivity (Wildman–Crippen MR) is 129 cm³/mol. The second-order valence-corrected chi connectivity index (χ2v) is 9.12. The van der Waals surface area contributed by atoms with E-state index in [-0.39, 0.29) is 29.3 Å². The number of aromatic amines is 1. The highest BCUT2D eigenvalue weighted by molar-refractivity contribution is 5.94. The quantitative estimate of drug-likeness (QED) is 0.699. The molecule has 178 valence electrons. The molecule has 0 radical (unpaired) electrons. The third kappa shape index (κ3) is 4.52. The van der Waals surface area contributed by atoms with E-state index in [0.29, 0.717) is 38.8 Å². The Morgan fingerprint density at radius 3 is 2.45 bits per heavy atom. The van der Waals surface area contributed by atoms with E-state index in [0.717, 1.165) is 67.6 Å². The minimum Gasteiger partial charge on any atom is -0.378 e. The van der Waals surface area contributed by atoms with Crippen molar-refractivity contribution in [2.24, 2.45) is 5.73 Å². The second kappa shape index (κ2) is 9.83. The molecular weight excluding hydrogens is 442 g/mol. The summed E-state index contributed by atoms with van der Waals surface area (Å²) < 4.78 is 5.44. The Hall–Kier alpha value is -2.42. The lowest BCUT2D eigenvalue weighted by Crippen LogP contribution is -2.45. The smallest absolute Gasteiger partial charge is 0.255 e. The van der Waals surface area contributed by atoms with Gasteiger partial charge in [0.1, 0.15) is 0 Å². The van der Waals surface area contributed by atoms with E-state index in [1.165, 1.54) is 0 Å². The van der Waals surface area contributed by atoms with Gasteiger partial charge in [-0.3, -0.25) is 14.6 Å². The number of nitrogens with two attached hydrogens (primary N) is 1. The van der Waals surface area contributed by atoms with Crippen molar-refractivity contribution in [2.75, 3.05) is 50.8 Å². The number of benzene rings is 1. The van der Waals surface area contributed by atoms with Crippen LogP contribution >= 0.6 is 12.4 Å². The molecule has 1 aromatic carbocycles. The second-order valence-electron chi connectivity index (χ2n) is 9.12. The van der Waals surface area contributed by atoms with Crippen molar-refractivity contribution >= 4 is 24.3 Å². The molecule has 33 heavy (non-hydrogen) atoms. The zero-order chi connectivity index (χ0) is 22.1. The number of aromatic nitrogens is 2. The normalized spacial score (nSPS) is 19.3. The first kappa shape index (κ1) is 23.7. The number of H-pyrrole nitrogens is 1. The van der Waals surface area contributed by atoms with Gasteiger partial charge in [0.25, 0.3) is 11.5 Å². The third-order valence-corrected chi connectivity index (χ3v) is 7.31. The van der Waals surface area contributed by atoms with Gasteiger partial charge < -0.3 is 20.3 Å². The number of anilines is 1. The number of nitrogens with one attached hydrogen (secondary N) is 1. The van der Waals surface area contributed by atoms with E-state index in [1.807, 2.05) is 29.2 Å². The van der Waals surface area contributed by atoms with Crippen LogP contribution in [0.15, 0.2) is 29.1 Å². The molecule has 2 saturated heterocycles. The molecule has 1 spiro atoms. The van der Waals surface area contributed by atoms with Crippen LogP contribution < -0.4 is 16.2 Å². The number of hydrogen-bond donors (Lipinski definition) is 2. The number of likely N-dealkylation sites (tertiary alicyclic amines) is 1. The fourth-order valence-electron chi connectivity index (χ4n) is 5.35.